The first-order valence-electron chi connectivity index (χ1n) is 10.1. The quantitative estimate of drug-likeness (QED) is 0.613. The zero-order valence-corrected chi connectivity index (χ0v) is 17.3. The number of amides is 1. The van der Waals surface area contributed by atoms with Crippen LogP contribution >= 0.6 is 0 Å². The van der Waals surface area contributed by atoms with Crippen molar-refractivity contribution in [1.82, 2.24) is 30.0 Å². The van der Waals surface area contributed by atoms with Crippen LogP contribution in [0.15, 0.2) is 36.8 Å². The van der Waals surface area contributed by atoms with Gasteiger partial charge in [0.15, 0.2) is 5.82 Å². The Morgan fingerprint density at radius 1 is 1.25 bits per heavy atom. The van der Waals surface area contributed by atoms with E-state index in [0.717, 1.165) is 22.3 Å². The number of hydrogen-bond donors (Lipinski definition) is 1. The molecule has 5 rings (SSSR count). The lowest BCUT2D eigenvalue weighted by molar-refractivity contribution is -0.125. The van der Waals surface area contributed by atoms with E-state index in [4.69, 9.17) is 10.00 Å². The van der Waals surface area contributed by atoms with Crippen LogP contribution in [0.25, 0.3) is 5.82 Å². The molecule has 0 bridgehead atoms. The van der Waals surface area contributed by atoms with E-state index in [9.17, 15) is 9.59 Å². The number of ether oxygens (including phenoxy) is 1. The number of pyridine rings is 1. The molecule has 1 atom stereocenters. The molecule has 2 aliphatic heterocycles. The highest BCUT2D eigenvalue weighted by Gasteiger charge is 2.30. The molecular formula is C22H19N7O3. The third-order valence-electron chi connectivity index (χ3n) is 5.77. The molecule has 2 aliphatic rings. The van der Waals surface area contributed by atoms with Crippen molar-refractivity contribution in [2.75, 3.05) is 13.1 Å². The van der Waals surface area contributed by atoms with Gasteiger partial charge >= 0.3 is 5.97 Å². The normalized spacial score (nSPS) is 18.1. The van der Waals surface area contributed by atoms with Gasteiger partial charge < -0.3 is 10.1 Å². The fourth-order valence-corrected chi connectivity index (χ4v) is 4.18. The molecule has 32 heavy (non-hydrogen) atoms. The van der Waals surface area contributed by atoms with Crippen LogP contribution in [0.2, 0.25) is 0 Å². The Morgan fingerprint density at radius 3 is 2.88 bits per heavy atom. The number of carbonyl (C=O) groups is 2. The first-order valence-corrected chi connectivity index (χ1v) is 10.1. The minimum absolute atomic E-state index is 0.0512. The maximum atomic E-state index is 12.4. The highest BCUT2D eigenvalue weighted by Crippen LogP contribution is 2.30. The standard InChI is InChI=1S/C22H19N7O3/c1-13-15(3-4-16-17(13)11-32-22(16)31)18-9-28(10-21(30)26-18)8-14-2-5-20(24-7-14)29-12-25-19(6-23)27-29/h2-5,7,12,18H,8-11H2,1H3,(H,26,30)/t18-/m0/s1. The van der Waals surface area contributed by atoms with Crippen molar-refractivity contribution in [2.24, 2.45) is 0 Å². The molecule has 0 spiro atoms. The predicted molar refractivity (Wildman–Crippen MR) is 110 cm³/mol. The number of aromatic nitrogens is 4. The minimum atomic E-state index is -0.297. The molecule has 4 heterocycles. The first-order chi connectivity index (χ1) is 15.5. The number of nitrogens with zero attached hydrogens (tertiary/aromatic N) is 6. The van der Waals surface area contributed by atoms with Crippen molar-refractivity contribution in [3.63, 3.8) is 0 Å². The van der Waals surface area contributed by atoms with Gasteiger partial charge in [-0.15, -0.1) is 5.10 Å². The fourth-order valence-electron chi connectivity index (χ4n) is 4.18. The topological polar surface area (TPSA) is 126 Å². The smallest absolute Gasteiger partial charge is 0.338 e. The molecule has 1 aromatic carbocycles. The molecule has 2 aromatic heterocycles. The van der Waals surface area contributed by atoms with Crippen molar-refractivity contribution in [3.8, 4) is 11.9 Å². The number of nitriles is 1. The van der Waals surface area contributed by atoms with E-state index < -0.39 is 0 Å². The van der Waals surface area contributed by atoms with Gasteiger partial charge in [0.1, 0.15) is 19.0 Å². The molecule has 10 heteroatoms. The molecule has 1 amide bonds. The molecule has 160 valence electrons. The predicted octanol–water partition coefficient (Wildman–Crippen LogP) is 1.19. The van der Waals surface area contributed by atoms with Crippen LogP contribution < -0.4 is 5.32 Å². The van der Waals surface area contributed by atoms with Gasteiger partial charge in [-0.1, -0.05) is 12.1 Å². The summed E-state index contributed by atoms with van der Waals surface area (Å²) in [5, 5.41) is 15.9. The van der Waals surface area contributed by atoms with Gasteiger partial charge in [0, 0.05) is 24.8 Å². The van der Waals surface area contributed by atoms with Crippen molar-refractivity contribution < 1.29 is 14.3 Å². The highest BCUT2D eigenvalue weighted by molar-refractivity contribution is 5.94. The monoisotopic (exact) mass is 429 g/mol. The Bertz CT molecular complexity index is 1260. The van der Waals surface area contributed by atoms with Crippen molar-refractivity contribution in [3.05, 3.63) is 70.4 Å². The molecule has 0 saturated carbocycles. The largest absolute Gasteiger partial charge is 0.457 e. The average Bonchev–Trinajstić information content (AvgIpc) is 3.42. The van der Waals surface area contributed by atoms with E-state index in [-0.39, 0.29) is 30.3 Å². The lowest BCUT2D eigenvalue weighted by Gasteiger charge is -2.34. The maximum Gasteiger partial charge on any atom is 0.338 e. The number of carbonyl (C=O) groups excluding carboxylic acids is 2. The van der Waals surface area contributed by atoms with Crippen LogP contribution in [0.3, 0.4) is 0 Å². The Balaban J connectivity index is 1.32. The summed E-state index contributed by atoms with van der Waals surface area (Å²) >= 11 is 0. The molecule has 10 nitrogen and oxygen atoms in total. The zero-order chi connectivity index (χ0) is 22.2. The molecule has 0 radical (unpaired) electrons. The summed E-state index contributed by atoms with van der Waals surface area (Å²) < 4.78 is 6.59. The fraction of sp³-hybridized carbons (Fsp3) is 0.273. The van der Waals surface area contributed by atoms with E-state index in [0.29, 0.717) is 31.0 Å². The second-order valence-electron chi connectivity index (χ2n) is 7.82. The number of benzene rings is 1. The van der Waals surface area contributed by atoms with Gasteiger partial charge in [0.25, 0.3) is 5.82 Å². The van der Waals surface area contributed by atoms with Gasteiger partial charge in [-0.25, -0.2) is 19.4 Å². The number of rotatable bonds is 4. The molecule has 1 fully saturated rings. The van der Waals surface area contributed by atoms with Gasteiger partial charge in [0.05, 0.1) is 18.2 Å². The number of fused-ring (bicyclic) bond motifs is 1. The van der Waals surface area contributed by atoms with Gasteiger partial charge in [0.2, 0.25) is 5.91 Å². The van der Waals surface area contributed by atoms with Crippen molar-refractivity contribution >= 4 is 11.9 Å². The first kappa shape index (κ1) is 19.8. The third kappa shape index (κ3) is 3.59. The number of esters is 1. The summed E-state index contributed by atoms with van der Waals surface area (Å²) in [6, 6.07) is 9.11. The number of cyclic esters (lactones) is 1. The van der Waals surface area contributed by atoms with Crippen LogP contribution in [0.1, 0.15) is 44.5 Å². The summed E-state index contributed by atoms with van der Waals surface area (Å²) in [6.07, 6.45) is 3.17. The Labute approximate surface area is 183 Å². The molecule has 3 aromatic rings. The second kappa shape index (κ2) is 7.86. The van der Waals surface area contributed by atoms with Gasteiger partial charge in [-0.3, -0.25) is 9.69 Å². The van der Waals surface area contributed by atoms with Crippen LogP contribution in [0, 0.1) is 18.3 Å². The lowest BCUT2D eigenvalue weighted by Crippen LogP contribution is -2.49. The van der Waals surface area contributed by atoms with E-state index in [2.05, 4.69) is 25.3 Å². The highest BCUT2D eigenvalue weighted by atomic mass is 16.5. The van der Waals surface area contributed by atoms with Crippen LogP contribution in [-0.4, -0.2) is 49.6 Å². The molecular weight excluding hydrogens is 410 g/mol. The summed E-state index contributed by atoms with van der Waals surface area (Å²) in [6.45, 7) is 3.72. The minimum Gasteiger partial charge on any atom is -0.457 e. The van der Waals surface area contributed by atoms with Gasteiger partial charge in [-0.05, 0) is 35.7 Å². The average molecular weight is 429 g/mol. The van der Waals surface area contributed by atoms with Crippen LogP contribution in [0.5, 0.6) is 0 Å². The summed E-state index contributed by atoms with van der Waals surface area (Å²) in [5.74, 6) is 0.293. The summed E-state index contributed by atoms with van der Waals surface area (Å²) in [7, 11) is 0. The van der Waals surface area contributed by atoms with Crippen molar-refractivity contribution in [1.29, 1.82) is 5.26 Å². The van der Waals surface area contributed by atoms with Gasteiger partial charge in [-0.2, -0.15) is 5.26 Å². The Kier molecular flexibility index (Phi) is 4.88. The SMILES string of the molecule is Cc1c([C@@H]2CN(Cc3ccc(-n4cnc(C#N)n4)nc3)CC(=O)N2)ccc2c1COC2=O. The van der Waals surface area contributed by atoms with E-state index in [1.807, 2.05) is 25.1 Å². The Hall–Kier alpha value is -4.10. The van der Waals surface area contributed by atoms with E-state index in [1.54, 1.807) is 18.3 Å². The zero-order valence-electron chi connectivity index (χ0n) is 17.3. The second-order valence-corrected chi connectivity index (χ2v) is 7.82. The van der Waals surface area contributed by atoms with Crippen LogP contribution in [-0.2, 0) is 22.7 Å². The summed E-state index contributed by atoms with van der Waals surface area (Å²) in [4.78, 5) is 34.6. The van der Waals surface area contributed by atoms with Crippen molar-refractivity contribution in [2.45, 2.75) is 26.1 Å². The van der Waals surface area contributed by atoms with E-state index in [1.165, 1.54) is 11.0 Å². The van der Waals surface area contributed by atoms with E-state index >= 15 is 0 Å². The summed E-state index contributed by atoms with van der Waals surface area (Å²) in [5.41, 5.74) is 4.42. The molecule has 0 aliphatic carbocycles. The lowest BCUT2D eigenvalue weighted by atomic mass is 9.93. The van der Waals surface area contributed by atoms with Crippen LogP contribution in [0.4, 0.5) is 0 Å². The molecule has 1 N–H and O–H groups in total. The number of piperazine rings is 1. The Morgan fingerprint density at radius 2 is 2.12 bits per heavy atom. The molecule has 1 saturated heterocycles. The number of nitrogens with one attached hydrogen (secondary N) is 1. The maximum absolute atomic E-state index is 12.4. The molecule has 0 unspecified atom stereocenters. The number of hydrogen-bond acceptors (Lipinski definition) is 8. The third-order valence-corrected chi connectivity index (χ3v) is 5.77.